The van der Waals surface area contributed by atoms with E-state index in [9.17, 15) is 0 Å². The van der Waals surface area contributed by atoms with Gasteiger partial charge in [-0.2, -0.15) is 0 Å². The first-order valence-corrected chi connectivity index (χ1v) is 25.2. The number of benzene rings is 8. The maximum Gasteiger partial charge on any atom is 0.0467 e. The van der Waals surface area contributed by atoms with E-state index in [0.717, 1.165) is 28.9 Å². The van der Waals surface area contributed by atoms with Crippen LogP contribution < -0.4 is 4.90 Å². The number of nitrogens with zero attached hydrogens (tertiary/aromatic N) is 1. The van der Waals surface area contributed by atoms with Crippen LogP contribution in [0, 0.1) is 11.8 Å². The van der Waals surface area contributed by atoms with Gasteiger partial charge in [-0.05, 0) is 177 Å². The largest absolute Gasteiger partial charge is 0.310 e. The summed E-state index contributed by atoms with van der Waals surface area (Å²) in [6, 6.07) is 71.9. The molecule has 2 saturated carbocycles. The van der Waals surface area contributed by atoms with Gasteiger partial charge in [0.05, 0.1) is 0 Å². The molecule has 0 amide bonds. The van der Waals surface area contributed by atoms with Crippen LogP contribution >= 0.6 is 0 Å². The average molecular weight is 856 g/mol. The summed E-state index contributed by atoms with van der Waals surface area (Å²) in [5.74, 6) is 1.55. The molecule has 0 bridgehead atoms. The fourth-order valence-corrected chi connectivity index (χ4v) is 13.4. The summed E-state index contributed by atoms with van der Waals surface area (Å²) in [7, 11) is 0. The molecule has 1 heteroatoms. The highest BCUT2D eigenvalue weighted by molar-refractivity contribution is 5.88. The van der Waals surface area contributed by atoms with E-state index in [4.69, 9.17) is 0 Å². The van der Waals surface area contributed by atoms with Crippen LogP contribution in [0.5, 0.6) is 0 Å². The Hall–Kier alpha value is -6.44. The van der Waals surface area contributed by atoms with Crippen LogP contribution in [0.2, 0.25) is 0 Å². The molecule has 0 N–H and O–H groups in total. The molecule has 3 atom stereocenters. The Morgan fingerprint density at radius 2 is 0.864 bits per heavy atom. The van der Waals surface area contributed by atoms with E-state index in [-0.39, 0.29) is 10.8 Å². The molecule has 4 aliphatic rings. The molecule has 66 heavy (non-hydrogen) atoms. The van der Waals surface area contributed by atoms with Gasteiger partial charge in [0.15, 0.2) is 0 Å². The van der Waals surface area contributed by atoms with E-state index in [2.05, 4.69) is 207 Å². The Bertz CT molecular complexity index is 3060. The van der Waals surface area contributed by atoms with Crippen LogP contribution in [0.1, 0.15) is 107 Å². The van der Waals surface area contributed by atoms with Crippen molar-refractivity contribution in [1.82, 2.24) is 0 Å². The lowest BCUT2D eigenvalue weighted by atomic mass is 9.67. The molecule has 0 radical (unpaired) electrons. The number of hydrogen-bond acceptors (Lipinski definition) is 1. The zero-order valence-electron chi connectivity index (χ0n) is 38.8. The summed E-state index contributed by atoms with van der Waals surface area (Å²) in [6.45, 7) is 4.83. The van der Waals surface area contributed by atoms with Crippen molar-refractivity contribution in [1.29, 1.82) is 0 Å². The predicted octanol–water partition coefficient (Wildman–Crippen LogP) is 18.3. The Kier molecular flexibility index (Phi) is 10.4. The third kappa shape index (κ3) is 6.80. The van der Waals surface area contributed by atoms with Crippen molar-refractivity contribution in [3.8, 4) is 55.6 Å². The smallest absolute Gasteiger partial charge is 0.0467 e. The van der Waals surface area contributed by atoms with Gasteiger partial charge in [-0.3, -0.25) is 0 Å². The van der Waals surface area contributed by atoms with Gasteiger partial charge in [-0.25, -0.2) is 0 Å². The molecular weight excluding hydrogens is 795 g/mol. The molecule has 0 heterocycles. The van der Waals surface area contributed by atoms with Crippen LogP contribution in [-0.4, -0.2) is 0 Å². The monoisotopic (exact) mass is 855 g/mol. The van der Waals surface area contributed by atoms with Crippen molar-refractivity contribution >= 4 is 17.1 Å². The molecule has 2 spiro atoms. The lowest BCUT2D eigenvalue weighted by Gasteiger charge is -2.36. The highest BCUT2D eigenvalue weighted by Crippen LogP contribution is 2.59. The topological polar surface area (TPSA) is 3.24 Å². The molecule has 8 aromatic carbocycles. The van der Waals surface area contributed by atoms with E-state index in [0.29, 0.717) is 0 Å². The third-order valence-electron chi connectivity index (χ3n) is 16.8. The lowest BCUT2D eigenvalue weighted by molar-refractivity contribution is 0.340. The number of rotatable bonds is 8. The number of hydrogen-bond donors (Lipinski definition) is 0. The van der Waals surface area contributed by atoms with Crippen molar-refractivity contribution < 1.29 is 0 Å². The SMILES string of the molecule is CCC1CC[C@@]2(C[C@H](CC)C1)c1ccccc1-c1ccc(-c3cccc(N(c4ccc(-c5ccccc5)cc4)c4cccc(-c5ccc6c(c5)C5(CCCCC5)c5ccccc5-6)c4)c3)cc12. The zero-order valence-corrected chi connectivity index (χ0v) is 38.8. The van der Waals surface area contributed by atoms with E-state index in [1.165, 1.54) is 132 Å². The summed E-state index contributed by atoms with van der Waals surface area (Å²) in [5.41, 5.74) is 23.2. The highest BCUT2D eigenvalue weighted by atomic mass is 15.1. The lowest BCUT2D eigenvalue weighted by Crippen LogP contribution is -2.28. The highest BCUT2D eigenvalue weighted by Gasteiger charge is 2.46. The summed E-state index contributed by atoms with van der Waals surface area (Å²) < 4.78 is 0. The summed E-state index contributed by atoms with van der Waals surface area (Å²) in [6.07, 6.45) is 14.1. The van der Waals surface area contributed by atoms with Gasteiger partial charge >= 0.3 is 0 Å². The predicted molar refractivity (Wildman–Crippen MR) is 279 cm³/mol. The van der Waals surface area contributed by atoms with Crippen molar-refractivity contribution in [3.63, 3.8) is 0 Å². The van der Waals surface area contributed by atoms with Gasteiger partial charge < -0.3 is 4.90 Å². The molecule has 1 nitrogen and oxygen atoms in total. The zero-order chi connectivity index (χ0) is 44.2. The van der Waals surface area contributed by atoms with Crippen LogP contribution in [-0.2, 0) is 10.8 Å². The first-order chi connectivity index (χ1) is 32.5. The summed E-state index contributed by atoms with van der Waals surface area (Å²) >= 11 is 0. The van der Waals surface area contributed by atoms with Crippen molar-refractivity contribution in [2.75, 3.05) is 4.90 Å². The molecule has 0 aliphatic heterocycles. The van der Waals surface area contributed by atoms with Gasteiger partial charge in [0.25, 0.3) is 0 Å². The molecule has 326 valence electrons. The van der Waals surface area contributed by atoms with Gasteiger partial charge in [-0.15, -0.1) is 0 Å². The average Bonchev–Trinajstić information content (AvgIpc) is 3.69. The Labute approximate surface area is 393 Å². The molecule has 0 aromatic heterocycles. The second kappa shape index (κ2) is 16.8. The molecule has 1 unspecified atom stereocenters. The second-order valence-corrected chi connectivity index (χ2v) is 20.2. The van der Waals surface area contributed by atoms with E-state index in [1.54, 1.807) is 16.7 Å². The normalized spacial score (nSPS) is 20.0. The Morgan fingerprint density at radius 1 is 0.379 bits per heavy atom. The molecule has 2 fully saturated rings. The first-order valence-electron chi connectivity index (χ1n) is 25.2. The minimum absolute atomic E-state index is 0.0636. The second-order valence-electron chi connectivity index (χ2n) is 20.2. The molecular formula is C65H61N. The van der Waals surface area contributed by atoms with Crippen molar-refractivity contribution in [2.24, 2.45) is 11.8 Å². The van der Waals surface area contributed by atoms with Crippen LogP contribution in [0.4, 0.5) is 17.1 Å². The van der Waals surface area contributed by atoms with Gasteiger partial charge in [-0.1, -0.05) is 185 Å². The van der Waals surface area contributed by atoms with Crippen LogP contribution in [0.15, 0.2) is 188 Å². The molecule has 12 rings (SSSR count). The minimum atomic E-state index is 0.0636. The summed E-state index contributed by atoms with van der Waals surface area (Å²) in [4.78, 5) is 2.47. The Balaban J connectivity index is 0.959. The Morgan fingerprint density at radius 3 is 1.47 bits per heavy atom. The summed E-state index contributed by atoms with van der Waals surface area (Å²) in [5, 5.41) is 0. The van der Waals surface area contributed by atoms with Gasteiger partial charge in [0.1, 0.15) is 0 Å². The number of anilines is 3. The molecule has 8 aromatic rings. The van der Waals surface area contributed by atoms with Crippen molar-refractivity contribution in [3.05, 3.63) is 210 Å². The van der Waals surface area contributed by atoms with Crippen LogP contribution in [0.25, 0.3) is 55.6 Å². The fourth-order valence-electron chi connectivity index (χ4n) is 13.4. The van der Waals surface area contributed by atoms with E-state index < -0.39 is 0 Å². The minimum Gasteiger partial charge on any atom is -0.310 e. The van der Waals surface area contributed by atoms with Crippen molar-refractivity contribution in [2.45, 2.75) is 95.3 Å². The van der Waals surface area contributed by atoms with Crippen LogP contribution in [0.3, 0.4) is 0 Å². The maximum absolute atomic E-state index is 2.60. The fraction of sp³-hybridized carbons (Fsp3) is 0.262. The van der Waals surface area contributed by atoms with Gasteiger partial charge in [0, 0.05) is 27.9 Å². The van der Waals surface area contributed by atoms with E-state index in [1.807, 2.05) is 0 Å². The number of fused-ring (bicyclic) bond motifs is 10. The van der Waals surface area contributed by atoms with Gasteiger partial charge in [0.2, 0.25) is 0 Å². The quantitative estimate of drug-likeness (QED) is 0.147. The maximum atomic E-state index is 2.60. The third-order valence-corrected chi connectivity index (χ3v) is 16.8. The van der Waals surface area contributed by atoms with E-state index >= 15 is 0 Å². The standard InChI is InChI=1S/C65H61N/c1-3-45-35-38-65(44-46(4-2)39-45)61-26-12-10-24-57(61)59-34-30-52(43-63(59)65)50-20-16-22-55(41-50)66(53-31-27-48(28-32-53)47-17-7-5-8-18-47)54-21-15-19-49(40-54)51-29-33-58-56-23-9-11-25-60(56)64(62(58)42-51)36-13-6-14-37-64/h5,7-12,15-34,40-43,45-46H,3-4,6,13-14,35-39,44H2,1-2H3/t45?,46-,65-/m1/s1. The molecule has 4 aliphatic carbocycles. The first kappa shape index (κ1) is 41.0. The molecule has 0 saturated heterocycles.